The molecular formula is C17H23BrClN3O2. The number of esters is 1. The van der Waals surface area contributed by atoms with Crippen LogP contribution in [0.1, 0.15) is 18.4 Å². The highest BCUT2D eigenvalue weighted by molar-refractivity contribution is 9.10. The van der Waals surface area contributed by atoms with E-state index in [4.69, 9.17) is 16.3 Å². The smallest absolute Gasteiger partial charge is 0.308 e. The van der Waals surface area contributed by atoms with Crippen molar-refractivity contribution in [3.8, 4) is 0 Å². The van der Waals surface area contributed by atoms with Crippen molar-refractivity contribution >= 4 is 39.5 Å². The molecule has 0 radical (unpaired) electrons. The number of nitrogens with zero attached hydrogens (tertiary/aromatic N) is 2. The number of methoxy groups -OCH3 is 1. The van der Waals surface area contributed by atoms with Crippen molar-refractivity contribution in [2.45, 2.75) is 19.3 Å². The molecular weight excluding hydrogens is 394 g/mol. The van der Waals surface area contributed by atoms with Crippen LogP contribution in [0.25, 0.3) is 0 Å². The predicted octanol–water partition coefficient (Wildman–Crippen LogP) is 3.11. The summed E-state index contributed by atoms with van der Waals surface area (Å²) in [5, 5.41) is 4.13. The van der Waals surface area contributed by atoms with Gasteiger partial charge in [0.25, 0.3) is 0 Å². The third kappa shape index (κ3) is 5.11. The number of aliphatic imine (C=N–C) groups is 1. The van der Waals surface area contributed by atoms with Crippen LogP contribution in [0.3, 0.4) is 0 Å². The monoisotopic (exact) mass is 415 g/mol. The Morgan fingerprint density at radius 1 is 1.46 bits per heavy atom. The zero-order valence-electron chi connectivity index (χ0n) is 14.0. The number of rotatable bonds is 4. The molecule has 0 atom stereocenters. The summed E-state index contributed by atoms with van der Waals surface area (Å²) in [5.74, 6) is 0.770. The number of carbonyl (C=O) groups excluding carboxylic acids is 1. The molecule has 0 bridgehead atoms. The summed E-state index contributed by atoms with van der Waals surface area (Å²) in [6.07, 6.45) is 2.44. The number of ether oxygens (including phenoxy) is 1. The molecule has 1 aliphatic heterocycles. The summed E-state index contributed by atoms with van der Waals surface area (Å²) in [7, 11) is 3.23. The number of guanidine groups is 1. The number of carbonyl (C=O) groups is 1. The van der Waals surface area contributed by atoms with E-state index in [1.165, 1.54) is 7.11 Å². The fraction of sp³-hybridized carbons (Fsp3) is 0.529. The molecule has 1 fully saturated rings. The van der Waals surface area contributed by atoms with Gasteiger partial charge in [0.15, 0.2) is 5.96 Å². The first kappa shape index (κ1) is 19.1. The third-order valence-corrected chi connectivity index (χ3v) is 5.23. The molecule has 0 spiro atoms. The molecule has 132 valence electrons. The van der Waals surface area contributed by atoms with Gasteiger partial charge in [0, 0.05) is 36.2 Å². The molecule has 0 aliphatic carbocycles. The number of likely N-dealkylation sites (tertiary alicyclic amines) is 1. The molecule has 1 aliphatic rings. The lowest BCUT2D eigenvalue weighted by molar-refractivity contribution is -0.146. The molecule has 1 N–H and O–H groups in total. The van der Waals surface area contributed by atoms with Gasteiger partial charge < -0.3 is 15.0 Å². The van der Waals surface area contributed by atoms with E-state index in [0.29, 0.717) is 0 Å². The Kier molecular flexibility index (Phi) is 7.37. The molecule has 5 nitrogen and oxygen atoms in total. The zero-order valence-corrected chi connectivity index (χ0v) is 16.4. The van der Waals surface area contributed by atoms with Crippen molar-refractivity contribution in [1.82, 2.24) is 10.2 Å². The van der Waals surface area contributed by atoms with Crippen molar-refractivity contribution < 1.29 is 9.53 Å². The van der Waals surface area contributed by atoms with E-state index in [-0.39, 0.29) is 11.9 Å². The minimum Gasteiger partial charge on any atom is -0.469 e. The van der Waals surface area contributed by atoms with Crippen LogP contribution in [0.5, 0.6) is 0 Å². The van der Waals surface area contributed by atoms with E-state index in [9.17, 15) is 4.79 Å². The van der Waals surface area contributed by atoms with Gasteiger partial charge in [-0.25, -0.2) is 0 Å². The molecule has 2 rings (SSSR count). The van der Waals surface area contributed by atoms with E-state index in [1.807, 2.05) is 18.2 Å². The summed E-state index contributed by atoms with van der Waals surface area (Å²) in [6, 6.07) is 5.80. The van der Waals surface area contributed by atoms with Crippen LogP contribution in [0.2, 0.25) is 5.02 Å². The number of hydrogen-bond donors (Lipinski definition) is 1. The Morgan fingerprint density at radius 2 is 2.17 bits per heavy atom. The van der Waals surface area contributed by atoms with Gasteiger partial charge in [-0.15, -0.1) is 0 Å². The van der Waals surface area contributed by atoms with Gasteiger partial charge in [0.1, 0.15) is 0 Å². The van der Waals surface area contributed by atoms with Crippen LogP contribution in [-0.2, 0) is 16.0 Å². The molecule has 1 heterocycles. The second kappa shape index (κ2) is 9.28. The maximum absolute atomic E-state index is 11.6. The number of halogens is 2. The summed E-state index contributed by atoms with van der Waals surface area (Å²) in [4.78, 5) is 18.1. The van der Waals surface area contributed by atoms with Crippen LogP contribution in [0, 0.1) is 5.92 Å². The van der Waals surface area contributed by atoms with Crippen LogP contribution in [0.15, 0.2) is 27.7 Å². The van der Waals surface area contributed by atoms with Gasteiger partial charge in [0.2, 0.25) is 0 Å². The molecule has 1 saturated heterocycles. The Morgan fingerprint density at radius 3 is 2.79 bits per heavy atom. The minimum atomic E-state index is -0.108. The van der Waals surface area contributed by atoms with Crippen molar-refractivity contribution in [3.63, 3.8) is 0 Å². The summed E-state index contributed by atoms with van der Waals surface area (Å²) in [5.41, 5.74) is 1.16. The quantitative estimate of drug-likeness (QED) is 0.465. The Balaban J connectivity index is 1.83. The maximum Gasteiger partial charge on any atom is 0.308 e. The molecule has 7 heteroatoms. The van der Waals surface area contributed by atoms with Crippen LogP contribution in [0.4, 0.5) is 0 Å². The lowest BCUT2D eigenvalue weighted by Crippen LogP contribution is -2.47. The topological polar surface area (TPSA) is 53.9 Å². The Bertz CT molecular complexity index is 601. The fourth-order valence-corrected chi connectivity index (χ4v) is 3.51. The van der Waals surface area contributed by atoms with Crippen LogP contribution in [-0.4, -0.2) is 50.6 Å². The molecule has 0 saturated carbocycles. The van der Waals surface area contributed by atoms with Crippen molar-refractivity contribution in [3.05, 3.63) is 33.3 Å². The molecule has 1 aromatic rings. The van der Waals surface area contributed by atoms with E-state index in [2.05, 4.69) is 31.1 Å². The second-order valence-electron chi connectivity index (χ2n) is 5.74. The minimum absolute atomic E-state index is 0.00627. The zero-order chi connectivity index (χ0) is 17.5. The molecule has 0 amide bonds. The first-order chi connectivity index (χ1) is 11.5. The average molecular weight is 417 g/mol. The first-order valence-electron chi connectivity index (χ1n) is 8.02. The van der Waals surface area contributed by atoms with Crippen LogP contribution < -0.4 is 5.32 Å². The molecule has 1 aromatic carbocycles. The summed E-state index contributed by atoms with van der Waals surface area (Å²) >= 11 is 9.59. The molecule has 24 heavy (non-hydrogen) atoms. The average Bonchev–Trinajstić information content (AvgIpc) is 2.61. The number of benzene rings is 1. The highest BCUT2D eigenvalue weighted by atomic mass is 79.9. The SMILES string of the molecule is CN=C(NCCc1cc(Cl)ccc1Br)N1CCC(C(=O)OC)CC1. The number of piperidine rings is 1. The lowest BCUT2D eigenvalue weighted by atomic mass is 9.97. The van der Waals surface area contributed by atoms with E-state index < -0.39 is 0 Å². The standard InChI is InChI=1S/C17H23BrClN3O2/c1-20-17(22-9-6-12(7-10-22)16(23)24-2)21-8-5-13-11-14(19)3-4-15(13)18/h3-4,11-12H,5-10H2,1-2H3,(H,20,21). The molecule has 0 unspecified atom stereocenters. The summed E-state index contributed by atoms with van der Waals surface area (Å²) in [6.45, 7) is 2.38. The first-order valence-corrected chi connectivity index (χ1v) is 9.19. The van der Waals surface area contributed by atoms with Gasteiger partial charge >= 0.3 is 5.97 Å². The normalized spacial score (nSPS) is 16.2. The Hall–Kier alpha value is -1.27. The van der Waals surface area contributed by atoms with Crippen molar-refractivity contribution in [1.29, 1.82) is 0 Å². The van der Waals surface area contributed by atoms with Gasteiger partial charge in [-0.3, -0.25) is 9.79 Å². The van der Waals surface area contributed by atoms with Gasteiger partial charge in [-0.2, -0.15) is 0 Å². The van der Waals surface area contributed by atoms with E-state index >= 15 is 0 Å². The largest absolute Gasteiger partial charge is 0.469 e. The van der Waals surface area contributed by atoms with Crippen molar-refractivity contribution in [2.75, 3.05) is 33.8 Å². The van der Waals surface area contributed by atoms with Gasteiger partial charge in [-0.1, -0.05) is 27.5 Å². The van der Waals surface area contributed by atoms with Crippen molar-refractivity contribution in [2.24, 2.45) is 10.9 Å². The van der Waals surface area contributed by atoms with Crippen LogP contribution >= 0.6 is 27.5 Å². The number of hydrogen-bond acceptors (Lipinski definition) is 3. The summed E-state index contributed by atoms with van der Waals surface area (Å²) < 4.78 is 5.89. The van der Waals surface area contributed by atoms with E-state index in [1.54, 1.807) is 7.05 Å². The second-order valence-corrected chi connectivity index (χ2v) is 7.03. The lowest BCUT2D eigenvalue weighted by Gasteiger charge is -2.33. The fourth-order valence-electron chi connectivity index (χ4n) is 2.87. The highest BCUT2D eigenvalue weighted by Gasteiger charge is 2.26. The van der Waals surface area contributed by atoms with Gasteiger partial charge in [-0.05, 0) is 43.0 Å². The maximum atomic E-state index is 11.6. The van der Waals surface area contributed by atoms with E-state index in [0.717, 1.165) is 59.9 Å². The number of nitrogens with one attached hydrogen (secondary N) is 1. The van der Waals surface area contributed by atoms with Gasteiger partial charge in [0.05, 0.1) is 13.0 Å². The predicted molar refractivity (Wildman–Crippen MR) is 101 cm³/mol. The molecule has 0 aromatic heterocycles. The Labute approximate surface area is 156 Å². The third-order valence-electron chi connectivity index (χ3n) is 4.23. The highest BCUT2D eigenvalue weighted by Crippen LogP contribution is 2.21.